The van der Waals surface area contributed by atoms with E-state index in [9.17, 15) is 13.2 Å². The molecule has 0 spiro atoms. The van der Waals surface area contributed by atoms with Crippen molar-refractivity contribution in [1.82, 2.24) is 0 Å². The Morgan fingerprint density at radius 1 is 1.14 bits per heavy atom. The maximum atomic E-state index is 12.9. The normalized spacial score (nSPS) is 11.5. The van der Waals surface area contributed by atoms with Crippen LogP contribution in [-0.2, 0) is 12.7 Å². The zero-order chi connectivity index (χ0) is 15.6. The van der Waals surface area contributed by atoms with Crippen LogP contribution in [0.25, 0.3) is 0 Å². The summed E-state index contributed by atoms with van der Waals surface area (Å²) in [6.07, 6.45) is -4.45. The van der Waals surface area contributed by atoms with Crippen LogP contribution in [0, 0.1) is 0 Å². The maximum absolute atomic E-state index is 12.9. The van der Waals surface area contributed by atoms with E-state index in [4.69, 9.17) is 5.73 Å². The van der Waals surface area contributed by atoms with E-state index in [1.54, 1.807) is 18.0 Å². The first-order valence-electron chi connectivity index (χ1n) is 6.19. The highest BCUT2D eigenvalue weighted by Crippen LogP contribution is 2.36. The van der Waals surface area contributed by atoms with Gasteiger partial charge in [-0.2, -0.15) is 13.2 Å². The Hall–Kier alpha value is -1.69. The number of halogens is 4. The van der Waals surface area contributed by atoms with E-state index in [0.29, 0.717) is 12.2 Å². The molecule has 0 saturated carbocycles. The monoisotopic (exact) mass is 358 g/mol. The Bertz CT molecular complexity index is 641. The van der Waals surface area contributed by atoms with Gasteiger partial charge in [-0.3, -0.25) is 0 Å². The molecule has 2 aromatic rings. The lowest BCUT2D eigenvalue weighted by Gasteiger charge is -2.21. The van der Waals surface area contributed by atoms with E-state index in [1.165, 1.54) is 6.07 Å². The van der Waals surface area contributed by atoms with Gasteiger partial charge in [-0.05, 0) is 35.9 Å². The fourth-order valence-electron chi connectivity index (χ4n) is 2.03. The fourth-order valence-corrected chi connectivity index (χ4v) is 2.47. The van der Waals surface area contributed by atoms with Gasteiger partial charge in [0, 0.05) is 29.4 Å². The van der Waals surface area contributed by atoms with Gasteiger partial charge < -0.3 is 10.6 Å². The Morgan fingerprint density at radius 2 is 1.86 bits per heavy atom. The van der Waals surface area contributed by atoms with E-state index >= 15 is 0 Å². The van der Waals surface area contributed by atoms with Crippen LogP contribution in [0.15, 0.2) is 46.9 Å². The summed E-state index contributed by atoms with van der Waals surface area (Å²) in [6, 6.07) is 11.6. The minimum atomic E-state index is -4.45. The summed E-state index contributed by atoms with van der Waals surface area (Å²) in [5.41, 5.74) is 5.80. The van der Waals surface area contributed by atoms with Crippen LogP contribution in [0.1, 0.15) is 11.1 Å². The van der Waals surface area contributed by atoms with Gasteiger partial charge in [0.25, 0.3) is 0 Å². The molecule has 2 aromatic carbocycles. The zero-order valence-electron chi connectivity index (χ0n) is 11.3. The molecule has 0 aliphatic carbocycles. The summed E-state index contributed by atoms with van der Waals surface area (Å²) >= 11 is 3.37. The summed E-state index contributed by atoms with van der Waals surface area (Å²) in [4.78, 5) is 1.75. The summed E-state index contributed by atoms with van der Waals surface area (Å²) in [5, 5.41) is 0. The lowest BCUT2D eigenvalue weighted by molar-refractivity contribution is -0.136. The molecule has 2 rings (SSSR count). The van der Waals surface area contributed by atoms with E-state index in [-0.39, 0.29) is 5.69 Å². The molecule has 0 atom stereocenters. The molecule has 112 valence electrons. The van der Waals surface area contributed by atoms with Gasteiger partial charge in [0.2, 0.25) is 0 Å². The quantitative estimate of drug-likeness (QED) is 0.806. The van der Waals surface area contributed by atoms with Crippen molar-refractivity contribution in [3.05, 3.63) is 58.1 Å². The predicted octanol–water partition coefficient (Wildman–Crippen LogP) is 4.69. The van der Waals surface area contributed by atoms with Gasteiger partial charge in [0.05, 0.1) is 5.56 Å². The number of rotatable bonds is 3. The second kappa shape index (κ2) is 5.97. The standard InChI is InChI=1S/C15H14BrF3N2/c1-21(9-10-3-2-4-11(16)7-10)12-5-6-14(20)13(8-12)15(17,18)19/h2-8H,9,20H2,1H3. The molecule has 0 amide bonds. The van der Waals surface area contributed by atoms with Crippen molar-refractivity contribution in [2.24, 2.45) is 0 Å². The number of nitrogens with zero attached hydrogens (tertiary/aromatic N) is 1. The molecule has 0 bridgehead atoms. The lowest BCUT2D eigenvalue weighted by atomic mass is 10.1. The number of anilines is 2. The second-order valence-corrected chi connectivity index (χ2v) is 5.67. The Morgan fingerprint density at radius 3 is 2.48 bits per heavy atom. The third-order valence-electron chi connectivity index (χ3n) is 3.09. The first-order chi connectivity index (χ1) is 9.77. The topological polar surface area (TPSA) is 29.3 Å². The summed E-state index contributed by atoms with van der Waals surface area (Å²) in [7, 11) is 1.74. The Balaban J connectivity index is 2.25. The minimum Gasteiger partial charge on any atom is -0.398 e. The van der Waals surface area contributed by atoms with E-state index < -0.39 is 11.7 Å². The van der Waals surface area contributed by atoms with Crippen LogP contribution < -0.4 is 10.6 Å². The second-order valence-electron chi connectivity index (χ2n) is 4.76. The van der Waals surface area contributed by atoms with Crippen molar-refractivity contribution in [3.8, 4) is 0 Å². The number of hydrogen-bond acceptors (Lipinski definition) is 2. The molecule has 0 radical (unpaired) electrons. The fraction of sp³-hybridized carbons (Fsp3) is 0.200. The van der Waals surface area contributed by atoms with Crippen molar-refractivity contribution in [2.75, 3.05) is 17.7 Å². The number of hydrogen-bond donors (Lipinski definition) is 1. The number of benzene rings is 2. The largest absolute Gasteiger partial charge is 0.418 e. The molecule has 2 N–H and O–H groups in total. The molecule has 0 aromatic heterocycles. The zero-order valence-corrected chi connectivity index (χ0v) is 12.9. The summed E-state index contributed by atoms with van der Waals surface area (Å²) in [6.45, 7) is 0.501. The molecule has 0 unspecified atom stereocenters. The average Bonchev–Trinajstić information content (AvgIpc) is 2.37. The highest BCUT2D eigenvalue weighted by atomic mass is 79.9. The summed E-state index contributed by atoms with van der Waals surface area (Å²) < 4.78 is 39.5. The molecule has 0 aliphatic rings. The first-order valence-corrected chi connectivity index (χ1v) is 6.99. The van der Waals surface area contributed by atoms with Crippen LogP contribution in [0.5, 0.6) is 0 Å². The van der Waals surface area contributed by atoms with Crippen LogP contribution in [0.2, 0.25) is 0 Å². The highest BCUT2D eigenvalue weighted by Gasteiger charge is 2.33. The SMILES string of the molecule is CN(Cc1cccc(Br)c1)c1ccc(N)c(C(F)(F)F)c1. The highest BCUT2D eigenvalue weighted by molar-refractivity contribution is 9.10. The smallest absolute Gasteiger partial charge is 0.398 e. The number of alkyl halides is 3. The van der Waals surface area contributed by atoms with Gasteiger partial charge in [0.15, 0.2) is 0 Å². The third kappa shape index (κ3) is 3.91. The van der Waals surface area contributed by atoms with Crippen molar-refractivity contribution in [2.45, 2.75) is 12.7 Å². The molecule has 6 heteroatoms. The first kappa shape index (κ1) is 15.7. The van der Waals surface area contributed by atoms with Crippen LogP contribution >= 0.6 is 15.9 Å². The van der Waals surface area contributed by atoms with E-state index in [0.717, 1.165) is 16.1 Å². The van der Waals surface area contributed by atoms with E-state index in [2.05, 4.69) is 15.9 Å². The minimum absolute atomic E-state index is 0.262. The third-order valence-corrected chi connectivity index (χ3v) is 3.59. The molecular formula is C15H14BrF3N2. The molecule has 0 heterocycles. The van der Waals surface area contributed by atoms with Crippen LogP contribution in [0.4, 0.5) is 24.5 Å². The van der Waals surface area contributed by atoms with Crippen molar-refractivity contribution in [1.29, 1.82) is 0 Å². The van der Waals surface area contributed by atoms with Crippen LogP contribution in [-0.4, -0.2) is 7.05 Å². The molecular weight excluding hydrogens is 345 g/mol. The number of nitrogen functional groups attached to an aromatic ring is 1. The molecule has 2 nitrogen and oxygen atoms in total. The molecule has 0 aliphatic heterocycles. The van der Waals surface area contributed by atoms with Gasteiger partial charge in [-0.1, -0.05) is 28.1 Å². The molecule has 21 heavy (non-hydrogen) atoms. The maximum Gasteiger partial charge on any atom is 0.418 e. The average molecular weight is 359 g/mol. The molecule has 0 fully saturated rings. The predicted molar refractivity (Wildman–Crippen MR) is 82.1 cm³/mol. The van der Waals surface area contributed by atoms with Crippen molar-refractivity contribution >= 4 is 27.3 Å². The Kier molecular flexibility index (Phi) is 4.46. The number of nitrogens with two attached hydrogens (primary N) is 1. The van der Waals surface area contributed by atoms with Crippen molar-refractivity contribution in [3.63, 3.8) is 0 Å². The lowest BCUT2D eigenvalue weighted by Crippen LogP contribution is -2.18. The van der Waals surface area contributed by atoms with Gasteiger partial charge >= 0.3 is 6.18 Å². The van der Waals surface area contributed by atoms with Crippen LogP contribution in [0.3, 0.4) is 0 Å². The van der Waals surface area contributed by atoms with Gasteiger partial charge in [-0.15, -0.1) is 0 Å². The van der Waals surface area contributed by atoms with Crippen molar-refractivity contribution < 1.29 is 13.2 Å². The van der Waals surface area contributed by atoms with Gasteiger partial charge in [0.1, 0.15) is 0 Å². The van der Waals surface area contributed by atoms with E-state index in [1.807, 2.05) is 24.3 Å². The Labute approximate surface area is 129 Å². The summed E-state index contributed by atoms with van der Waals surface area (Å²) in [5.74, 6) is 0. The molecule has 0 saturated heterocycles. The van der Waals surface area contributed by atoms with Gasteiger partial charge in [-0.25, -0.2) is 0 Å².